The van der Waals surface area contributed by atoms with Crippen LogP contribution in [-0.4, -0.2) is 43.6 Å². The minimum Gasteiger partial charge on any atom is -0.469 e. The molecule has 1 atom stereocenters. The van der Waals surface area contributed by atoms with E-state index in [0.29, 0.717) is 24.5 Å². The molecule has 0 aliphatic carbocycles. The number of ether oxygens (including phenoxy) is 1. The van der Waals surface area contributed by atoms with E-state index in [1.54, 1.807) is 12.3 Å². The van der Waals surface area contributed by atoms with Crippen LogP contribution in [0.4, 0.5) is 11.5 Å². The number of methoxy groups -OCH3 is 1. The van der Waals surface area contributed by atoms with E-state index >= 15 is 0 Å². The van der Waals surface area contributed by atoms with Gasteiger partial charge in [-0.3, -0.25) is 9.59 Å². The van der Waals surface area contributed by atoms with Crippen LogP contribution in [0.25, 0.3) is 0 Å². The monoisotopic (exact) mass is 365 g/mol. The summed E-state index contributed by atoms with van der Waals surface area (Å²) in [4.78, 5) is 33.6. The zero-order chi connectivity index (χ0) is 18.8. The molecule has 0 N–H and O–H groups in total. The SMILES string of the molecule is COC(=O)[C@H]1CCCN(c2ncccc2C(=O)N2CCc3ccccc32)C1. The van der Waals surface area contributed by atoms with Gasteiger partial charge in [0, 0.05) is 31.5 Å². The van der Waals surface area contributed by atoms with E-state index in [-0.39, 0.29) is 17.8 Å². The molecule has 3 heterocycles. The van der Waals surface area contributed by atoms with Gasteiger partial charge in [0.15, 0.2) is 0 Å². The van der Waals surface area contributed by atoms with Crippen LogP contribution in [0.5, 0.6) is 0 Å². The van der Waals surface area contributed by atoms with Crippen LogP contribution >= 0.6 is 0 Å². The van der Waals surface area contributed by atoms with Gasteiger partial charge in [-0.25, -0.2) is 4.98 Å². The normalized spacial score (nSPS) is 18.9. The number of nitrogens with zero attached hydrogens (tertiary/aromatic N) is 3. The highest BCUT2D eigenvalue weighted by Gasteiger charge is 2.32. The average Bonchev–Trinajstić information content (AvgIpc) is 3.17. The first-order valence-electron chi connectivity index (χ1n) is 9.36. The van der Waals surface area contributed by atoms with Crippen molar-refractivity contribution < 1.29 is 14.3 Å². The third kappa shape index (κ3) is 3.27. The lowest BCUT2D eigenvalue weighted by Crippen LogP contribution is -2.41. The van der Waals surface area contributed by atoms with Crippen molar-refractivity contribution in [2.24, 2.45) is 5.92 Å². The summed E-state index contributed by atoms with van der Waals surface area (Å²) < 4.78 is 4.91. The second-order valence-electron chi connectivity index (χ2n) is 7.02. The Kier molecular flexibility index (Phi) is 4.79. The summed E-state index contributed by atoms with van der Waals surface area (Å²) >= 11 is 0. The number of hydrogen-bond acceptors (Lipinski definition) is 5. The molecular formula is C21H23N3O3. The molecule has 2 aromatic rings. The van der Waals surface area contributed by atoms with Crippen LogP contribution in [-0.2, 0) is 16.0 Å². The van der Waals surface area contributed by atoms with Crippen molar-refractivity contribution >= 4 is 23.4 Å². The molecule has 1 aromatic carbocycles. The molecule has 0 bridgehead atoms. The molecule has 0 spiro atoms. The van der Waals surface area contributed by atoms with Crippen LogP contribution < -0.4 is 9.80 Å². The van der Waals surface area contributed by atoms with Gasteiger partial charge in [0.25, 0.3) is 5.91 Å². The van der Waals surface area contributed by atoms with E-state index < -0.39 is 0 Å². The molecule has 1 saturated heterocycles. The van der Waals surface area contributed by atoms with Gasteiger partial charge in [-0.15, -0.1) is 0 Å². The number of fused-ring (bicyclic) bond motifs is 1. The molecule has 1 fully saturated rings. The Morgan fingerprint density at radius 1 is 1.15 bits per heavy atom. The number of rotatable bonds is 3. The number of aromatic nitrogens is 1. The number of carbonyl (C=O) groups excluding carboxylic acids is 2. The third-order valence-corrected chi connectivity index (χ3v) is 5.40. The minimum atomic E-state index is -0.197. The lowest BCUT2D eigenvalue weighted by atomic mass is 9.97. The number of anilines is 2. The second kappa shape index (κ2) is 7.39. The number of piperidine rings is 1. The van der Waals surface area contributed by atoms with Crippen LogP contribution in [0, 0.1) is 5.92 Å². The van der Waals surface area contributed by atoms with Crippen LogP contribution in [0.1, 0.15) is 28.8 Å². The van der Waals surface area contributed by atoms with Crippen LogP contribution in [0.3, 0.4) is 0 Å². The van der Waals surface area contributed by atoms with Gasteiger partial charge in [-0.1, -0.05) is 18.2 Å². The van der Waals surface area contributed by atoms with Gasteiger partial charge in [0.2, 0.25) is 0 Å². The second-order valence-corrected chi connectivity index (χ2v) is 7.02. The van der Waals surface area contributed by atoms with E-state index in [0.717, 1.165) is 31.5 Å². The fourth-order valence-electron chi connectivity index (χ4n) is 4.04. The van der Waals surface area contributed by atoms with Gasteiger partial charge in [0.1, 0.15) is 5.82 Å². The smallest absolute Gasteiger partial charge is 0.310 e. The molecule has 4 rings (SSSR count). The van der Waals surface area contributed by atoms with Gasteiger partial charge in [-0.2, -0.15) is 0 Å². The van der Waals surface area contributed by atoms with E-state index in [9.17, 15) is 9.59 Å². The third-order valence-electron chi connectivity index (χ3n) is 5.40. The summed E-state index contributed by atoms with van der Waals surface area (Å²) in [7, 11) is 1.42. The lowest BCUT2D eigenvalue weighted by Gasteiger charge is -2.33. The maximum atomic E-state index is 13.3. The van der Waals surface area contributed by atoms with Crippen molar-refractivity contribution in [1.29, 1.82) is 0 Å². The Balaban J connectivity index is 1.62. The number of carbonyl (C=O) groups is 2. The fourth-order valence-corrected chi connectivity index (χ4v) is 4.04. The molecular weight excluding hydrogens is 342 g/mol. The molecule has 6 heteroatoms. The zero-order valence-electron chi connectivity index (χ0n) is 15.4. The number of pyridine rings is 1. The van der Waals surface area contributed by atoms with E-state index in [2.05, 4.69) is 11.1 Å². The molecule has 0 unspecified atom stereocenters. The molecule has 6 nitrogen and oxygen atoms in total. The molecule has 1 amide bonds. The summed E-state index contributed by atoms with van der Waals surface area (Å²) in [6.07, 6.45) is 4.24. The van der Waals surface area contributed by atoms with Crippen molar-refractivity contribution in [2.45, 2.75) is 19.3 Å². The Hall–Kier alpha value is -2.89. The first-order chi connectivity index (χ1) is 13.2. The first kappa shape index (κ1) is 17.5. The number of hydrogen-bond donors (Lipinski definition) is 0. The molecule has 140 valence electrons. The van der Waals surface area contributed by atoms with Gasteiger partial charge in [-0.05, 0) is 43.0 Å². The van der Waals surface area contributed by atoms with Crippen molar-refractivity contribution in [2.75, 3.05) is 36.5 Å². The summed E-state index contributed by atoms with van der Waals surface area (Å²) in [5.74, 6) is 0.238. The van der Waals surface area contributed by atoms with Gasteiger partial charge >= 0.3 is 5.97 Å². The lowest BCUT2D eigenvalue weighted by molar-refractivity contribution is -0.145. The maximum Gasteiger partial charge on any atom is 0.310 e. The highest BCUT2D eigenvalue weighted by atomic mass is 16.5. The number of para-hydroxylation sites is 1. The van der Waals surface area contributed by atoms with Crippen molar-refractivity contribution in [1.82, 2.24) is 4.98 Å². The topological polar surface area (TPSA) is 62.7 Å². The summed E-state index contributed by atoms with van der Waals surface area (Å²) in [6.45, 7) is 1.99. The fraction of sp³-hybridized carbons (Fsp3) is 0.381. The molecule has 0 radical (unpaired) electrons. The molecule has 27 heavy (non-hydrogen) atoms. The van der Waals surface area contributed by atoms with E-state index in [1.165, 1.54) is 12.7 Å². The highest BCUT2D eigenvalue weighted by Crippen LogP contribution is 2.31. The van der Waals surface area contributed by atoms with Crippen LogP contribution in [0.15, 0.2) is 42.6 Å². The number of benzene rings is 1. The summed E-state index contributed by atoms with van der Waals surface area (Å²) in [6, 6.07) is 11.6. The van der Waals surface area contributed by atoms with Crippen molar-refractivity contribution in [3.05, 3.63) is 53.7 Å². The van der Waals surface area contributed by atoms with Gasteiger partial charge in [0.05, 0.1) is 18.6 Å². The van der Waals surface area contributed by atoms with Gasteiger partial charge < -0.3 is 14.5 Å². The van der Waals surface area contributed by atoms with E-state index in [1.807, 2.05) is 34.1 Å². The van der Waals surface area contributed by atoms with E-state index in [4.69, 9.17) is 4.74 Å². The largest absolute Gasteiger partial charge is 0.469 e. The summed E-state index contributed by atoms with van der Waals surface area (Å²) in [5.41, 5.74) is 2.75. The van der Waals surface area contributed by atoms with Crippen LogP contribution in [0.2, 0.25) is 0 Å². The average molecular weight is 365 g/mol. The minimum absolute atomic E-state index is 0.0387. The Morgan fingerprint density at radius 2 is 2.00 bits per heavy atom. The Bertz CT molecular complexity index is 867. The highest BCUT2D eigenvalue weighted by molar-refractivity contribution is 6.10. The standard InChI is InChI=1S/C21H23N3O3/c1-27-21(26)16-7-5-12-23(14-16)19-17(8-4-11-22-19)20(25)24-13-10-15-6-2-3-9-18(15)24/h2-4,6,8-9,11,16H,5,7,10,12-14H2,1H3/t16-/m0/s1. The Morgan fingerprint density at radius 3 is 2.85 bits per heavy atom. The predicted molar refractivity (Wildman–Crippen MR) is 103 cm³/mol. The quantitative estimate of drug-likeness (QED) is 0.783. The summed E-state index contributed by atoms with van der Waals surface area (Å²) in [5, 5.41) is 0. The molecule has 1 aromatic heterocycles. The predicted octanol–water partition coefficient (Wildman–Crippen LogP) is 2.67. The number of esters is 1. The van der Waals surface area contributed by atoms with Crippen molar-refractivity contribution in [3.63, 3.8) is 0 Å². The molecule has 2 aliphatic heterocycles. The number of amides is 1. The first-order valence-corrected chi connectivity index (χ1v) is 9.36. The molecule has 0 saturated carbocycles. The maximum absolute atomic E-state index is 13.3. The van der Waals surface area contributed by atoms with Crippen molar-refractivity contribution in [3.8, 4) is 0 Å². The zero-order valence-corrected chi connectivity index (χ0v) is 15.4. The molecule has 2 aliphatic rings. The Labute approximate surface area is 158 Å².